The Balaban J connectivity index is 2.21. The molecule has 0 atom stereocenters. The van der Waals surface area contributed by atoms with E-state index in [-0.39, 0.29) is 11.7 Å². The van der Waals surface area contributed by atoms with Gasteiger partial charge in [-0.2, -0.15) is 0 Å². The summed E-state index contributed by atoms with van der Waals surface area (Å²) in [5.74, 6) is 0.269. The minimum Gasteiger partial charge on any atom is -0.508 e. The SMILES string of the molecule is Cc1cc(NC(=O)C2(CN)CCCC2)c(C)cc1O. The van der Waals surface area contributed by atoms with Crippen molar-refractivity contribution in [1.29, 1.82) is 0 Å². The summed E-state index contributed by atoms with van der Waals surface area (Å²) < 4.78 is 0. The lowest BCUT2D eigenvalue weighted by atomic mass is 9.85. The Bertz CT molecular complexity index is 491. The topological polar surface area (TPSA) is 75.4 Å². The second-order valence-electron chi connectivity index (χ2n) is 5.60. The lowest BCUT2D eigenvalue weighted by Crippen LogP contribution is -2.40. The number of hydrogen-bond donors (Lipinski definition) is 3. The molecule has 0 radical (unpaired) electrons. The number of phenolic OH excluding ortho intramolecular Hbond substituents is 1. The molecule has 1 amide bonds. The van der Waals surface area contributed by atoms with Crippen molar-refractivity contribution in [1.82, 2.24) is 0 Å². The van der Waals surface area contributed by atoms with Crippen LogP contribution in [0.15, 0.2) is 12.1 Å². The predicted octanol–water partition coefficient (Wildman–Crippen LogP) is 2.47. The zero-order chi connectivity index (χ0) is 14.0. The number of aromatic hydroxyl groups is 1. The number of hydrogen-bond acceptors (Lipinski definition) is 3. The van der Waals surface area contributed by atoms with Crippen LogP contribution in [0, 0.1) is 19.3 Å². The van der Waals surface area contributed by atoms with E-state index < -0.39 is 5.41 Å². The normalized spacial score (nSPS) is 17.4. The summed E-state index contributed by atoms with van der Waals surface area (Å²) in [5.41, 5.74) is 7.80. The van der Waals surface area contributed by atoms with Gasteiger partial charge in [0, 0.05) is 12.2 Å². The Hall–Kier alpha value is -1.55. The summed E-state index contributed by atoms with van der Waals surface area (Å²) >= 11 is 0. The molecule has 19 heavy (non-hydrogen) atoms. The predicted molar refractivity (Wildman–Crippen MR) is 76.2 cm³/mol. The summed E-state index contributed by atoms with van der Waals surface area (Å²) in [6, 6.07) is 3.48. The van der Waals surface area contributed by atoms with E-state index in [4.69, 9.17) is 5.73 Å². The smallest absolute Gasteiger partial charge is 0.231 e. The van der Waals surface area contributed by atoms with E-state index >= 15 is 0 Å². The molecule has 1 aliphatic rings. The molecule has 0 saturated heterocycles. The van der Waals surface area contributed by atoms with Gasteiger partial charge in [0.15, 0.2) is 0 Å². The Labute approximate surface area is 114 Å². The highest BCUT2D eigenvalue weighted by Gasteiger charge is 2.39. The number of carbonyl (C=O) groups excluding carboxylic acids is 1. The fraction of sp³-hybridized carbons (Fsp3) is 0.533. The standard InChI is InChI=1S/C15H22N2O2/c1-10-8-13(18)11(2)7-12(10)17-14(19)15(9-16)5-3-4-6-15/h7-8,18H,3-6,9,16H2,1-2H3,(H,17,19). The molecule has 1 fully saturated rings. The third kappa shape index (κ3) is 2.59. The summed E-state index contributed by atoms with van der Waals surface area (Å²) in [7, 11) is 0. The highest BCUT2D eigenvalue weighted by Crippen LogP contribution is 2.38. The van der Waals surface area contributed by atoms with Crippen LogP contribution in [0.3, 0.4) is 0 Å². The molecule has 4 heteroatoms. The second-order valence-corrected chi connectivity index (χ2v) is 5.60. The van der Waals surface area contributed by atoms with Gasteiger partial charge in [-0.05, 0) is 49.9 Å². The van der Waals surface area contributed by atoms with Crippen molar-refractivity contribution in [3.05, 3.63) is 23.3 Å². The van der Waals surface area contributed by atoms with Gasteiger partial charge in [-0.25, -0.2) is 0 Å². The highest BCUT2D eigenvalue weighted by molar-refractivity contribution is 5.96. The molecule has 104 valence electrons. The maximum Gasteiger partial charge on any atom is 0.231 e. The van der Waals surface area contributed by atoms with Crippen molar-refractivity contribution >= 4 is 11.6 Å². The fourth-order valence-corrected chi connectivity index (χ4v) is 2.77. The van der Waals surface area contributed by atoms with E-state index in [0.29, 0.717) is 6.54 Å². The molecule has 0 aromatic heterocycles. The van der Waals surface area contributed by atoms with Gasteiger partial charge in [-0.3, -0.25) is 4.79 Å². The summed E-state index contributed by atoms with van der Waals surface area (Å²) in [6.45, 7) is 4.09. The van der Waals surface area contributed by atoms with Crippen LogP contribution in [0.2, 0.25) is 0 Å². The van der Waals surface area contributed by atoms with Crippen molar-refractivity contribution in [3.8, 4) is 5.75 Å². The summed E-state index contributed by atoms with van der Waals surface area (Å²) in [6.07, 6.45) is 3.87. The summed E-state index contributed by atoms with van der Waals surface area (Å²) in [5, 5.41) is 12.6. The number of aryl methyl sites for hydroxylation is 2. The van der Waals surface area contributed by atoms with Crippen LogP contribution in [0.5, 0.6) is 5.75 Å². The molecule has 0 unspecified atom stereocenters. The van der Waals surface area contributed by atoms with E-state index in [1.165, 1.54) is 0 Å². The first kappa shape index (κ1) is 13.9. The van der Waals surface area contributed by atoms with Gasteiger partial charge < -0.3 is 16.2 Å². The third-order valence-electron chi connectivity index (χ3n) is 4.22. The molecule has 1 aromatic rings. The number of nitrogens with two attached hydrogens (primary N) is 1. The van der Waals surface area contributed by atoms with Crippen LogP contribution in [0.4, 0.5) is 5.69 Å². The molecule has 1 aromatic carbocycles. The van der Waals surface area contributed by atoms with Crippen molar-refractivity contribution < 1.29 is 9.90 Å². The van der Waals surface area contributed by atoms with Gasteiger partial charge in [0.1, 0.15) is 5.75 Å². The van der Waals surface area contributed by atoms with Crippen molar-refractivity contribution in [2.45, 2.75) is 39.5 Å². The zero-order valence-corrected chi connectivity index (χ0v) is 11.6. The Morgan fingerprint density at radius 2 is 1.95 bits per heavy atom. The number of nitrogens with one attached hydrogen (secondary N) is 1. The molecule has 0 heterocycles. The number of rotatable bonds is 3. The average Bonchev–Trinajstić information content (AvgIpc) is 2.86. The first-order chi connectivity index (χ1) is 8.98. The minimum absolute atomic E-state index is 0.0145. The fourth-order valence-electron chi connectivity index (χ4n) is 2.77. The molecule has 1 saturated carbocycles. The van der Waals surface area contributed by atoms with Crippen molar-refractivity contribution in [2.24, 2.45) is 11.1 Å². The van der Waals surface area contributed by atoms with Crippen LogP contribution in [0.25, 0.3) is 0 Å². The molecule has 0 aliphatic heterocycles. The van der Waals surface area contributed by atoms with E-state index in [1.807, 2.05) is 19.9 Å². The molecular formula is C15H22N2O2. The van der Waals surface area contributed by atoms with Crippen LogP contribution in [-0.4, -0.2) is 17.6 Å². The largest absolute Gasteiger partial charge is 0.508 e. The van der Waals surface area contributed by atoms with E-state index in [9.17, 15) is 9.90 Å². The lowest BCUT2D eigenvalue weighted by Gasteiger charge is -2.26. The number of carbonyl (C=O) groups is 1. The van der Waals surface area contributed by atoms with Crippen LogP contribution in [0.1, 0.15) is 36.8 Å². The Morgan fingerprint density at radius 3 is 2.53 bits per heavy atom. The van der Waals surface area contributed by atoms with Crippen LogP contribution < -0.4 is 11.1 Å². The average molecular weight is 262 g/mol. The quantitative estimate of drug-likeness (QED) is 0.732. The maximum absolute atomic E-state index is 12.5. The van der Waals surface area contributed by atoms with Gasteiger partial charge >= 0.3 is 0 Å². The van der Waals surface area contributed by atoms with Crippen LogP contribution >= 0.6 is 0 Å². The molecule has 0 spiro atoms. The van der Waals surface area contributed by atoms with Gasteiger partial charge in [-0.1, -0.05) is 12.8 Å². The molecule has 4 N–H and O–H groups in total. The molecule has 4 nitrogen and oxygen atoms in total. The van der Waals surface area contributed by atoms with Crippen molar-refractivity contribution in [3.63, 3.8) is 0 Å². The zero-order valence-electron chi connectivity index (χ0n) is 11.6. The second kappa shape index (κ2) is 5.21. The Morgan fingerprint density at radius 1 is 1.32 bits per heavy atom. The molecular weight excluding hydrogens is 240 g/mol. The minimum atomic E-state index is -0.405. The van der Waals surface area contributed by atoms with E-state index in [2.05, 4.69) is 5.32 Å². The number of benzene rings is 1. The number of anilines is 1. The third-order valence-corrected chi connectivity index (χ3v) is 4.22. The lowest BCUT2D eigenvalue weighted by molar-refractivity contribution is -0.124. The molecule has 2 rings (SSSR count). The van der Waals surface area contributed by atoms with Gasteiger partial charge in [0.25, 0.3) is 0 Å². The van der Waals surface area contributed by atoms with E-state index in [0.717, 1.165) is 42.5 Å². The maximum atomic E-state index is 12.5. The highest BCUT2D eigenvalue weighted by atomic mass is 16.3. The van der Waals surface area contributed by atoms with Gasteiger partial charge in [0.05, 0.1) is 5.41 Å². The molecule has 0 bridgehead atoms. The van der Waals surface area contributed by atoms with Crippen molar-refractivity contribution in [2.75, 3.05) is 11.9 Å². The molecule has 1 aliphatic carbocycles. The van der Waals surface area contributed by atoms with Crippen LogP contribution in [-0.2, 0) is 4.79 Å². The van der Waals surface area contributed by atoms with E-state index in [1.54, 1.807) is 6.07 Å². The number of amides is 1. The Kier molecular flexibility index (Phi) is 3.80. The first-order valence-electron chi connectivity index (χ1n) is 6.80. The summed E-state index contributed by atoms with van der Waals surface area (Å²) in [4.78, 5) is 12.5. The van der Waals surface area contributed by atoms with Gasteiger partial charge in [0.2, 0.25) is 5.91 Å². The first-order valence-corrected chi connectivity index (χ1v) is 6.80. The number of phenols is 1. The monoisotopic (exact) mass is 262 g/mol. The van der Waals surface area contributed by atoms with Gasteiger partial charge in [-0.15, -0.1) is 0 Å².